The smallest absolute Gasteiger partial charge is 0.222 e. The Balaban J connectivity index is 1.74. The summed E-state index contributed by atoms with van der Waals surface area (Å²) < 4.78 is 37.0. The molecule has 0 atom stereocenters. The van der Waals surface area contributed by atoms with Crippen LogP contribution in [0.3, 0.4) is 0 Å². The van der Waals surface area contributed by atoms with Crippen molar-refractivity contribution in [3.8, 4) is 11.3 Å². The molecule has 152 valence electrons. The predicted molar refractivity (Wildman–Crippen MR) is 113 cm³/mol. The molecule has 3 rings (SSSR count). The predicted octanol–water partition coefficient (Wildman–Crippen LogP) is 3.88. The molecule has 0 bridgehead atoms. The fourth-order valence-corrected chi connectivity index (χ4v) is 3.82. The third-order valence-corrected chi connectivity index (χ3v) is 5.94. The van der Waals surface area contributed by atoms with Gasteiger partial charge in [0.1, 0.15) is 16.5 Å². The molecule has 9 heteroatoms. The Labute approximate surface area is 173 Å². The second-order valence-corrected chi connectivity index (χ2v) is 9.01. The van der Waals surface area contributed by atoms with Crippen molar-refractivity contribution in [3.05, 3.63) is 64.4 Å². The van der Waals surface area contributed by atoms with E-state index in [1.54, 1.807) is 18.2 Å². The Bertz CT molecular complexity index is 1170. The average molecular weight is 435 g/mol. The number of aromatic nitrogens is 2. The fourth-order valence-electron chi connectivity index (χ4n) is 2.91. The summed E-state index contributed by atoms with van der Waals surface area (Å²) in [5.41, 5.74) is 8.89. The van der Waals surface area contributed by atoms with E-state index in [-0.39, 0.29) is 10.8 Å². The molecule has 1 aromatic heterocycles. The molecule has 0 spiro atoms. The molecule has 3 N–H and O–H groups in total. The molecule has 0 aliphatic rings. The third-order valence-electron chi connectivity index (χ3n) is 4.40. The van der Waals surface area contributed by atoms with Crippen molar-refractivity contribution in [2.75, 3.05) is 23.9 Å². The molecule has 0 amide bonds. The summed E-state index contributed by atoms with van der Waals surface area (Å²) in [5, 5.41) is 3.77. The van der Waals surface area contributed by atoms with Crippen LogP contribution in [0.2, 0.25) is 5.02 Å². The van der Waals surface area contributed by atoms with Gasteiger partial charge in [-0.25, -0.2) is 17.8 Å². The molecule has 0 radical (unpaired) electrons. The average Bonchev–Trinajstić information content (AvgIpc) is 2.62. The minimum atomic E-state index is -3.59. The van der Waals surface area contributed by atoms with Crippen molar-refractivity contribution < 1.29 is 12.8 Å². The normalized spacial score (nSPS) is 11.4. The SMILES string of the molecule is Cc1c(Cl)cccc1-c1cc(NCCc2ccc(S(C)(=O)=O)c(F)c2)nc(N)n1. The number of nitrogens with zero attached hydrogens (tertiary/aromatic N) is 2. The highest BCUT2D eigenvalue weighted by molar-refractivity contribution is 7.90. The van der Waals surface area contributed by atoms with Gasteiger partial charge in [0.05, 0.1) is 5.69 Å². The number of benzene rings is 2. The van der Waals surface area contributed by atoms with Gasteiger partial charge in [-0.1, -0.05) is 29.8 Å². The van der Waals surface area contributed by atoms with Crippen LogP contribution < -0.4 is 11.1 Å². The van der Waals surface area contributed by atoms with E-state index in [1.165, 1.54) is 12.1 Å². The molecule has 2 aromatic carbocycles. The summed E-state index contributed by atoms with van der Waals surface area (Å²) in [6.07, 6.45) is 1.45. The molecule has 6 nitrogen and oxygen atoms in total. The molecule has 29 heavy (non-hydrogen) atoms. The van der Waals surface area contributed by atoms with Gasteiger partial charge in [0, 0.05) is 29.5 Å². The highest BCUT2D eigenvalue weighted by atomic mass is 35.5. The van der Waals surface area contributed by atoms with Crippen molar-refractivity contribution >= 4 is 33.2 Å². The lowest BCUT2D eigenvalue weighted by atomic mass is 10.1. The van der Waals surface area contributed by atoms with E-state index in [4.69, 9.17) is 17.3 Å². The number of anilines is 2. The molecular formula is C20H20ClFN4O2S. The number of rotatable bonds is 6. The zero-order chi connectivity index (χ0) is 21.2. The zero-order valence-electron chi connectivity index (χ0n) is 15.9. The third kappa shape index (κ3) is 5.02. The van der Waals surface area contributed by atoms with Gasteiger partial charge in [0.2, 0.25) is 5.95 Å². The number of hydrogen-bond acceptors (Lipinski definition) is 6. The van der Waals surface area contributed by atoms with E-state index in [2.05, 4.69) is 15.3 Å². The van der Waals surface area contributed by atoms with Crippen molar-refractivity contribution in [2.45, 2.75) is 18.2 Å². The summed E-state index contributed by atoms with van der Waals surface area (Å²) in [6, 6.07) is 11.4. The van der Waals surface area contributed by atoms with Gasteiger partial charge < -0.3 is 11.1 Å². The van der Waals surface area contributed by atoms with Gasteiger partial charge in [-0.2, -0.15) is 4.98 Å². The highest BCUT2D eigenvalue weighted by Crippen LogP contribution is 2.28. The number of nitrogen functional groups attached to an aromatic ring is 1. The Kier molecular flexibility index (Phi) is 6.04. The van der Waals surface area contributed by atoms with E-state index >= 15 is 0 Å². The molecule has 0 saturated heterocycles. The van der Waals surface area contributed by atoms with Crippen LogP contribution in [0.5, 0.6) is 0 Å². The van der Waals surface area contributed by atoms with Crippen LogP contribution in [0.15, 0.2) is 47.4 Å². The van der Waals surface area contributed by atoms with Crippen LogP contribution in [0, 0.1) is 12.7 Å². The van der Waals surface area contributed by atoms with Crippen LogP contribution in [0.1, 0.15) is 11.1 Å². The lowest BCUT2D eigenvalue weighted by molar-refractivity contribution is 0.569. The van der Waals surface area contributed by atoms with Crippen molar-refractivity contribution in [1.29, 1.82) is 0 Å². The monoisotopic (exact) mass is 434 g/mol. The molecule has 1 heterocycles. The number of sulfone groups is 1. The van der Waals surface area contributed by atoms with E-state index in [0.717, 1.165) is 17.4 Å². The Morgan fingerprint density at radius 1 is 1.17 bits per heavy atom. The van der Waals surface area contributed by atoms with Gasteiger partial charge in [0.25, 0.3) is 0 Å². The van der Waals surface area contributed by atoms with Crippen molar-refractivity contribution in [1.82, 2.24) is 9.97 Å². The Morgan fingerprint density at radius 3 is 2.62 bits per heavy atom. The minimum absolute atomic E-state index is 0.118. The van der Waals surface area contributed by atoms with Gasteiger partial charge in [-0.15, -0.1) is 0 Å². The second-order valence-electron chi connectivity index (χ2n) is 6.62. The first-order valence-corrected chi connectivity index (χ1v) is 11.0. The largest absolute Gasteiger partial charge is 0.370 e. The van der Waals surface area contributed by atoms with E-state index in [1.807, 2.05) is 19.1 Å². The van der Waals surface area contributed by atoms with E-state index < -0.39 is 15.7 Å². The minimum Gasteiger partial charge on any atom is -0.370 e. The summed E-state index contributed by atoms with van der Waals surface area (Å²) in [4.78, 5) is 8.15. The summed E-state index contributed by atoms with van der Waals surface area (Å²) in [7, 11) is -3.59. The van der Waals surface area contributed by atoms with Crippen LogP contribution in [-0.2, 0) is 16.3 Å². The lowest BCUT2D eigenvalue weighted by Crippen LogP contribution is -2.09. The van der Waals surface area contributed by atoms with Crippen LogP contribution in [0.4, 0.5) is 16.2 Å². The lowest BCUT2D eigenvalue weighted by Gasteiger charge is -2.11. The topological polar surface area (TPSA) is 98.0 Å². The first-order chi connectivity index (χ1) is 13.6. The molecule has 3 aromatic rings. The molecule has 0 aliphatic heterocycles. The summed E-state index contributed by atoms with van der Waals surface area (Å²) in [5.74, 6) is -0.108. The quantitative estimate of drug-likeness (QED) is 0.610. The maximum absolute atomic E-state index is 14.0. The molecule has 0 fully saturated rings. The standard InChI is InChI=1S/C20H20ClFN4O2S/c1-12-14(4-3-5-15(12)21)17-11-19(26-20(23)25-17)24-9-8-13-6-7-18(16(22)10-13)29(2,27)28/h3-7,10-11H,8-9H2,1-2H3,(H3,23,24,25,26). The van der Waals surface area contributed by atoms with Crippen LogP contribution >= 0.6 is 11.6 Å². The van der Waals surface area contributed by atoms with Crippen molar-refractivity contribution in [3.63, 3.8) is 0 Å². The first-order valence-electron chi connectivity index (χ1n) is 8.77. The van der Waals surface area contributed by atoms with Gasteiger partial charge in [0.15, 0.2) is 9.84 Å². The maximum Gasteiger partial charge on any atom is 0.222 e. The number of hydrogen-bond donors (Lipinski definition) is 2. The molecule has 0 saturated carbocycles. The maximum atomic E-state index is 14.0. The van der Waals surface area contributed by atoms with Gasteiger partial charge in [-0.3, -0.25) is 0 Å². The number of nitrogens with one attached hydrogen (secondary N) is 1. The summed E-state index contributed by atoms with van der Waals surface area (Å²) in [6.45, 7) is 2.35. The van der Waals surface area contributed by atoms with Gasteiger partial charge in [-0.05, 0) is 42.7 Å². The van der Waals surface area contributed by atoms with E-state index in [0.29, 0.717) is 35.1 Å². The Morgan fingerprint density at radius 2 is 1.93 bits per heavy atom. The first kappa shape index (κ1) is 21.0. The molecular weight excluding hydrogens is 415 g/mol. The molecule has 0 unspecified atom stereocenters. The Hall–Kier alpha value is -2.71. The highest BCUT2D eigenvalue weighted by Gasteiger charge is 2.14. The van der Waals surface area contributed by atoms with E-state index in [9.17, 15) is 12.8 Å². The summed E-state index contributed by atoms with van der Waals surface area (Å²) >= 11 is 6.19. The van der Waals surface area contributed by atoms with Crippen molar-refractivity contribution in [2.24, 2.45) is 0 Å². The molecule has 0 aliphatic carbocycles. The zero-order valence-corrected chi connectivity index (χ0v) is 17.5. The fraction of sp³-hybridized carbons (Fsp3) is 0.200. The van der Waals surface area contributed by atoms with Gasteiger partial charge >= 0.3 is 0 Å². The van der Waals surface area contributed by atoms with Crippen LogP contribution in [-0.4, -0.2) is 31.2 Å². The number of nitrogens with two attached hydrogens (primary N) is 1. The number of halogens is 2. The van der Waals surface area contributed by atoms with Crippen LogP contribution in [0.25, 0.3) is 11.3 Å². The second kappa shape index (κ2) is 8.34.